The lowest BCUT2D eigenvalue weighted by Crippen LogP contribution is -2.06. The van der Waals surface area contributed by atoms with Gasteiger partial charge in [-0.2, -0.15) is 0 Å². The molecule has 18 heavy (non-hydrogen) atoms. The zero-order chi connectivity index (χ0) is 13.1. The highest BCUT2D eigenvalue weighted by Gasteiger charge is 2.12. The molecule has 0 bridgehead atoms. The van der Waals surface area contributed by atoms with Crippen molar-refractivity contribution >= 4 is 5.82 Å². The minimum Gasteiger partial charge on any atom is -0.369 e. The third-order valence-electron chi connectivity index (χ3n) is 3.16. The van der Waals surface area contributed by atoms with Gasteiger partial charge in [-0.1, -0.05) is 0 Å². The van der Waals surface area contributed by atoms with Crippen LogP contribution in [0.1, 0.15) is 23.6 Å². The van der Waals surface area contributed by atoms with Crippen LogP contribution in [0, 0.1) is 20.8 Å². The van der Waals surface area contributed by atoms with Crippen molar-refractivity contribution in [3.63, 3.8) is 0 Å². The molecule has 0 unspecified atom stereocenters. The highest BCUT2D eigenvalue weighted by atomic mass is 15.2. The molecule has 2 heterocycles. The molecule has 0 aliphatic heterocycles. The van der Waals surface area contributed by atoms with E-state index in [0.717, 1.165) is 40.3 Å². The summed E-state index contributed by atoms with van der Waals surface area (Å²) >= 11 is 0. The number of aryl methyl sites for hydroxylation is 1. The van der Waals surface area contributed by atoms with E-state index in [4.69, 9.17) is 0 Å². The maximum absolute atomic E-state index is 4.34. The van der Waals surface area contributed by atoms with Crippen molar-refractivity contribution in [2.45, 2.75) is 27.7 Å². The van der Waals surface area contributed by atoms with Gasteiger partial charge < -0.3 is 5.32 Å². The number of rotatable bonds is 3. The first-order valence-corrected chi connectivity index (χ1v) is 6.13. The minimum atomic E-state index is 0.847. The van der Waals surface area contributed by atoms with Gasteiger partial charge in [-0.3, -0.25) is 4.98 Å². The zero-order valence-electron chi connectivity index (χ0n) is 11.3. The summed E-state index contributed by atoms with van der Waals surface area (Å²) in [4.78, 5) is 4.17. The largest absolute Gasteiger partial charge is 0.369 e. The van der Waals surface area contributed by atoms with Crippen LogP contribution in [0.25, 0.3) is 11.3 Å². The van der Waals surface area contributed by atoms with Gasteiger partial charge in [-0.05, 0) is 50.5 Å². The lowest BCUT2D eigenvalue weighted by Gasteiger charge is -2.12. The third-order valence-corrected chi connectivity index (χ3v) is 3.16. The molecule has 0 aliphatic carbocycles. The molecule has 94 valence electrons. The molecular formula is C14H18N4. The van der Waals surface area contributed by atoms with E-state index >= 15 is 0 Å². The molecule has 1 N–H and O–H groups in total. The Bertz CT molecular complexity index is 564. The van der Waals surface area contributed by atoms with E-state index in [1.807, 2.05) is 12.3 Å². The van der Waals surface area contributed by atoms with E-state index in [0.29, 0.717) is 0 Å². The number of pyridine rings is 1. The predicted octanol–water partition coefficient (Wildman–Crippen LogP) is 2.90. The van der Waals surface area contributed by atoms with Crippen molar-refractivity contribution in [3.05, 3.63) is 35.2 Å². The Morgan fingerprint density at radius 3 is 2.56 bits per heavy atom. The molecule has 4 heteroatoms. The normalized spacial score (nSPS) is 10.4. The SMILES string of the molecule is CCNc1nnc(-c2cnccc2C)c(C)c1C. The Morgan fingerprint density at radius 1 is 1.11 bits per heavy atom. The van der Waals surface area contributed by atoms with Crippen molar-refractivity contribution in [2.24, 2.45) is 0 Å². The minimum absolute atomic E-state index is 0.847. The van der Waals surface area contributed by atoms with Gasteiger partial charge in [0.2, 0.25) is 0 Å². The highest BCUT2D eigenvalue weighted by Crippen LogP contribution is 2.27. The molecule has 0 aliphatic rings. The summed E-state index contributed by atoms with van der Waals surface area (Å²) in [6.45, 7) is 9.10. The van der Waals surface area contributed by atoms with Crippen LogP contribution >= 0.6 is 0 Å². The van der Waals surface area contributed by atoms with Crippen LogP contribution in [0.3, 0.4) is 0 Å². The molecule has 0 amide bonds. The van der Waals surface area contributed by atoms with E-state index in [1.54, 1.807) is 6.20 Å². The molecular weight excluding hydrogens is 224 g/mol. The summed E-state index contributed by atoms with van der Waals surface area (Å²) in [5.74, 6) is 0.861. The van der Waals surface area contributed by atoms with Gasteiger partial charge in [0.15, 0.2) is 5.82 Å². The second-order valence-corrected chi connectivity index (χ2v) is 4.37. The topological polar surface area (TPSA) is 50.7 Å². The second kappa shape index (κ2) is 5.12. The van der Waals surface area contributed by atoms with Crippen molar-refractivity contribution in [1.29, 1.82) is 0 Å². The maximum atomic E-state index is 4.34. The molecule has 2 aromatic rings. The molecule has 0 atom stereocenters. The standard InChI is InChI=1S/C14H18N4/c1-5-16-14-11(4)10(3)13(17-18-14)12-8-15-7-6-9(12)2/h6-8H,5H2,1-4H3,(H,16,18). The summed E-state index contributed by atoms with van der Waals surface area (Å²) in [7, 11) is 0. The summed E-state index contributed by atoms with van der Waals surface area (Å²) in [5, 5.41) is 11.8. The van der Waals surface area contributed by atoms with E-state index in [-0.39, 0.29) is 0 Å². The first-order valence-electron chi connectivity index (χ1n) is 6.13. The average Bonchev–Trinajstić information content (AvgIpc) is 2.37. The van der Waals surface area contributed by atoms with Crippen LogP contribution in [0.4, 0.5) is 5.82 Å². The predicted molar refractivity (Wildman–Crippen MR) is 73.6 cm³/mol. The van der Waals surface area contributed by atoms with Crippen LogP contribution in [0.2, 0.25) is 0 Å². The van der Waals surface area contributed by atoms with Crippen molar-refractivity contribution < 1.29 is 0 Å². The molecule has 0 saturated carbocycles. The zero-order valence-corrected chi connectivity index (χ0v) is 11.3. The average molecular weight is 242 g/mol. The first-order chi connectivity index (χ1) is 8.65. The van der Waals surface area contributed by atoms with Gasteiger partial charge in [0, 0.05) is 24.5 Å². The maximum Gasteiger partial charge on any atom is 0.151 e. The van der Waals surface area contributed by atoms with E-state index in [2.05, 4.69) is 48.2 Å². The number of nitrogens with zero attached hydrogens (tertiary/aromatic N) is 3. The lowest BCUT2D eigenvalue weighted by atomic mass is 10.0. The number of anilines is 1. The Labute approximate surface area is 107 Å². The number of hydrogen-bond acceptors (Lipinski definition) is 4. The molecule has 0 fully saturated rings. The van der Waals surface area contributed by atoms with Crippen LogP contribution < -0.4 is 5.32 Å². The van der Waals surface area contributed by atoms with Gasteiger partial charge in [-0.25, -0.2) is 0 Å². The fourth-order valence-corrected chi connectivity index (χ4v) is 1.91. The second-order valence-electron chi connectivity index (χ2n) is 4.37. The molecule has 0 spiro atoms. The van der Waals surface area contributed by atoms with Crippen molar-refractivity contribution in [3.8, 4) is 11.3 Å². The van der Waals surface area contributed by atoms with Crippen molar-refractivity contribution in [2.75, 3.05) is 11.9 Å². The Balaban J connectivity index is 2.54. The summed E-state index contributed by atoms with van der Waals surface area (Å²) in [6.07, 6.45) is 3.64. The molecule has 2 rings (SSSR count). The fourth-order valence-electron chi connectivity index (χ4n) is 1.91. The fraction of sp³-hybridized carbons (Fsp3) is 0.357. The van der Waals surface area contributed by atoms with Crippen molar-refractivity contribution in [1.82, 2.24) is 15.2 Å². The van der Waals surface area contributed by atoms with Gasteiger partial charge in [-0.15, -0.1) is 10.2 Å². The molecule has 0 aromatic carbocycles. The van der Waals surface area contributed by atoms with Gasteiger partial charge in [0.1, 0.15) is 0 Å². The van der Waals surface area contributed by atoms with Gasteiger partial charge >= 0.3 is 0 Å². The van der Waals surface area contributed by atoms with E-state index < -0.39 is 0 Å². The number of aromatic nitrogens is 3. The third kappa shape index (κ3) is 2.18. The summed E-state index contributed by atoms with van der Waals surface area (Å²) < 4.78 is 0. The van der Waals surface area contributed by atoms with E-state index in [9.17, 15) is 0 Å². The van der Waals surface area contributed by atoms with Crippen LogP contribution in [-0.4, -0.2) is 21.7 Å². The Morgan fingerprint density at radius 2 is 1.89 bits per heavy atom. The van der Waals surface area contributed by atoms with E-state index in [1.165, 1.54) is 0 Å². The quantitative estimate of drug-likeness (QED) is 0.899. The molecule has 4 nitrogen and oxygen atoms in total. The number of hydrogen-bond donors (Lipinski definition) is 1. The van der Waals surface area contributed by atoms with Gasteiger partial charge in [0.25, 0.3) is 0 Å². The number of nitrogens with one attached hydrogen (secondary N) is 1. The smallest absolute Gasteiger partial charge is 0.151 e. The Hall–Kier alpha value is -1.97. The van der Waals surface area contributed by atoms with Crippen LogP contribution in [0.5, 0.6) is 0 Å². The molecule has 0 radical (unpaired) electrons. The lowest BCUT2D eigenvalue weighted by molar-refractivity contribution is 0.984. The molecule has 2 aromatic heterocycles. The Kier molecular flexibility index (Phi) is 3.55. The monoisotopic (exact) mass is 242 g/mol. The summed E-state index contributed by atoms with van der Waals surface area (Å²) in [6, 6.07) is 1.99. The van der Waals surface area contributed by atoms with Gasteiger partial charge in [0.05, 0.1) is 5.69 Å². The summed E-state index contributed by atoms with van der Waals surface area (Å²) in [5.41, 5.74) is 5.42. The van der Waals surface area contributed by atoms with Crippen LogP contribution in [-0.2, 0) is 0 Å². The van der Waals surface area contributed by atoms with Crippen LogP contribution in [0.15, 0.2) is 18.5 Å². The molecule has 0 saturated heterocycles. The highest BCUT2D eigenvalue weighted by molar-refractivity contribution is 5.68. The first kappa shape index (κ1) is 12.5.